The van der Waals surface area contributed by atoms with Crippen LogP contribution in [-0.2, 0) is 16.0 Å². The van der Waals surface area contributed by atoms with Gasteiger partial charge in [-0.1, -0.05) is 36.4 Å². The molecule has 4 heterocycles. The van der Waals surface area contributed by atoms with Crippen LogP contribution >= 0.6 is 0 Å². The number of rotatable bonds is 4. The number of nitrogens with one attached hydrogen (secondary N) is 2. The molecule has 182 valence electrons. The first-order valence-electron chi connectivity index (χ1n) is 12.1. The molecule has 1 unspecified atom stereocenters. The van der Waals surface area contributed by atoms with Crippen LogP contribution in [0.4, 0.5) is 5.69 Å². The summed E-state index contributed by atoms with van der Waals surface area (Å²) in [4.78, 5) is 46.4. The van der Waals surface area contributed by atoms with E-state index < -0.39 is 0 Å². The zero-order chi connectivity index (χ0) is 24.8. The van der Waals surface area contributed by atoms with Gasteiger partial charge in [-0.25, -0.2) is 4.98 Å². The number of nitrogens with zero attached hydrogens (tertiary/aromatic N) is 4. The van der Waals surface area contributed by atoms with Gasteiger partial charge in [-0.3, -0.25) is 23.9 Å². The smallest absolute Gasteiger partial charge is 0.228 e. The molecular formula is C27H26N6O3. The molecule has 3 aliphatic rings. The molecule has 1 saturated heterocycles. The summed E-state index contributed by atoms with van der Waals surface area (Å²) in [6, 6.07) is 14.9. The molecule has 0 radical (unpaired) electrons. The molecule has 1 fully saturated rings. The predicted molar refractivity (Wildman–Crippen MR) is 135 cm³/mol. The fraction of sp³-hybridized carbons (Fsp3) is 0.259. The summed E-state index contributed by atoms with van der Waals surface area (Å²) in [5.41, 5.74) is 4.17. The van der Waals surface area contributed by atoms with Crippen LogP contribution in [0, 0.1) is 0 Å². The van der Waals surface area contributed by atoms with Gasteiger partial charge in [0, 0.05) is 62.3 Å². The van der Waals surface area contributed by atoms with Crippen molar-refractivity contribution < 1.29 is 14.4 Å². The van der Waals surface area contributed by atoms with Crippen LogP contribution < -0.4 is 10.6 Å². The number of carbonyl (C=O) groups excluding carboxylic acids is 3. The van der Waals surface area contributed by atoms with Crippen LogP contribution in [-0.4, -0.2) is 63.1 Å². The number of hydrogen-bond acceptors (Lipinski definition) is 6. The van der Waals surface area contributed by atoms with Gasteiger partial charge in [-0.2, -0.15) is 0 Å². The summed E-state index contributed by atoms with van der Waals surface area (Å²) in [5, 5.41) is 6.27. The third-order valence-corrected chi connectivity index (χ3v) is 7.04. The van der Waals surface area contributed by atoms with Gasteiger partial charge in [-0.05, 0) is 17.7 Å². The second-order valence-corrected chi connectivity index (χ2v) is 9.26. The third kappa shape index (κ3) is 3.77. The Balaban J connectivity index is 1.44. The van der Waals surface area contributed by atoms with Crippen molar-refractivity contribution >= 4 is 29.5 Å². The lowest BCUT2D eigenvalue weighted by Crippen LogP contribution is -2.52. The van der Waals surface area contributed by atoms with Crippen LogP contribution in [0.25, 0.3) is 17.5 Å². The first-order valence-corrected chi connectivity index (χ1v) is 12.1. The molecule has 36 heavy (non-hydrogen) atoms. The molecule has 2 N–H and O–H groups in total. The highest BCUT2D eigenvalue weighted by Gasteiger charge is 2.34. The average molecular weight is 483 g/mol. The fourth-order valence-corrected chi connectivity index (χ4v) is 5.18. The number of piperazine rings is 1. The number of amides is 2. The first kappa shape index (κ1) is 22.2. The molecule has 2 aromatic carbocycles. The van der Waals surface area contributed by atoms with Gasteiger partial charge < -0.3 is 15.5 Å². The number of imidazole rings is 1. The zero-order valence-corrected chi connectivity index (χ0v) is 19.9. The molecule has 9 nitrogen and oxygen atoms in total. The summed E-state index contributed by atoms with van der Waals surface area (Å²) in [6.45, 7) is 4.28. The van der Waals surface area contributed by atoms with Crippen molar-refractivity contribution in [2.75, 3.05) is 31.5 Å². The van der Waals surface area contributed by atoms with Gasteiger partial charge in [0.25, 0.3) is 0 Å². The quantitative estimate of drug-likeness (QED) is 0.555. The number of aromatic nitrogens is 2. The SMILES string of the molecule is CC(=O)N1CCN(C2NC=Cn3c2nc(C(=O)c2ccccc2)c3-c2ccc3c(c2)CC(=O)N3)CC1. The minimum Gasteiger partial charge on any atom is -0.368 e. The molecule has 0 aliphatic carbocycles. The van der Waals surface area contributed by atoms with Crippen molar-refractivity contribution in [3.63, 3.8) is 0 Å². The molecule has 0 bridgehead atoms. The van der Waals surface area contributed by atoms with E-state index in [0.29, 0.717) is 49.6 Å². The Morgan fingerprint density at radius 3 is 2.56 bits per heavy atom. The number of carbonyl (C=O) groups is 3. The van der Waals surface area contributed by atoms with Crippen LogP contribution in [0.15, 0.2) is 54.7 Å². The van der Waals surface area contributed by atoms with Gasteiger partial charge in [0.2, 0.25) is 17.6 Å². The van der Waals surface area contributed by atoms with Crippen LogP contribution in [0.5, 0.6) is 0 Å². The van der Waals surface area contributed by atoms with E-state index in [1.165, 1.54) is 0 Å². The molecule has 1 atom stereocenters. The highest BCUT2D eigenvalue weighted by Crippen LogP contribution is 2.35. The van der Waals surface area contributed by atoms with E-state index in [1.807, 2.05) is 58.3 Å². The van der Waals surface area contributed by atoms with E-state index in [2.05, 4.69) is 15.5 Å². The number of hydrogen-bond donors (Lipinski definition) is 2. The van der Waals surface area contributed by atoms with Crippen molar-refractivity contribution in [3.8, 4) is 11.3 Å². The van der Waals surface area contributed by atoms with Gasteiger partial charge in [-0.15, -0.1) is 0 Å². The summed E-state index contributed by atoms with van der Waals surface area (Å²) in [5.74, 6) is 0.607. The van der Waals surface area contributed by atoms with Crippen molar-refractivity contribution in [2.45, 2.75) is 19.5 Å². The third-order valence-electron chi connectivity index (χ3n) is 7.04. The van der Waals surface area contributed by atoms with Gasteiger partial charge in [0.15, 0.2) is 5.82 Å². The van der Waals surface area contributed by atoms with E-state index in [4.69, 9.17) is 4.98 Å². The van der Waals surface area contributed by atoms with Crippen molar-refractivity contribution in [2.24, 2.45) is 0 Å². The largest absolute Gasteiger partial charge is 0.368 e. The van der Waals surface area contributed by atoms with E-state index in [0.717, 1.165) is 22.6 Å². The lowest BCUT2D eigenvalue weighted by atomic mass is 10.0. The maximum Gasteiger partial charge on any atom is 0.228 e. The highest BCUT2D eigenvalue weighted by molar-refractivity contribution is 6.11. The Morgan fingerprint density at radius 2 is 1.81 bits per heavy atom. The van der Waals surface area contributed by atoms with Gasteiger partial charge in [0.05, 0.1) is 12.1 Å². The second kappa shape index (κ2) is 8.76. The van der Waals surface area contributed by atoms with Crippen molar-refractivity contribution in [1.29, 1.82) is 0 Å². The average Bonchev–Trinajstić information content (AvgIpc) is 3.48. The molecule has 6 rings (SSSR count). The normalized spacial score (nSPS) is 18.9. The molecule has 3 aliphatic heterocycles. The Bertz CT molecular complexity index is 1400. The van der Waals surface area contributed by atoms with E-state index in [-0.39, 0.29) is 23.8 Å². The molecule has 3 aromatic rings. The molecule has 1 aromatic heterocycles. The molecule has 2 amide bonds. The van der Waals surface area contributed by atoms with Crippen LogP contribution in [0.3, 0.4) is 0 Å². The van der Waals surface area contributed by atoms with Gasteiger partial charge in [0.1, 0.15) is 11.9 Å². The summed E-state index contributed by atoms with van der Waals surface area (Å²) >= 11 is 0. The predicted octanol–water partition coefficient (Wildman–Crippen LogP) is 2.47. The number of anilines is 1. The van der Waals surface area contributed by atoms with Crippen molar-refractivity contribution in [3.05, 3.63) is 77.4 Å². The van der Waals surface area contributed by atoms with E-state index in [9.17, 15) is 14.4 Å². The first-order chi connectivity index (χ1) is 17.5. The lowest BCUT2D eigenvalue weighted by Gasteiger charge is -2.39. The summed E-state index contributed by atoms with van der Waals surface area (Å²) in [6.07, 6.45) is 3.83. The molecule has 9 heteroatoms. The van der Waals surface area contributed by atoms with Crippen molar-refractivity contribution in [1.82, 2.24) is 24.7 Å². The fourth-order valence-electron chi connectivity index (χ4n) is 5.18. The Hall–Kier alpha value is -4.24. The number of benzene rings is 2. The number of ketones is 1. The van der Waals surface area contributed by atoms with E-state index in [1.54, 1.807) is 19.1 Å². The Labute approximate surface area is 208 Å². The molecule has 0 saturated carbocycles. The minimum atomic E-state index is -0.238. The van der Waals surface area contributed by atoms with Crippen LogP contribution in [0.2, 0.25) is 0 Å². The Morgan fingerprint density at radius 1 is 1.03 bits per heavy atom. The topological polar surface area (TPSA) is 99.6 Å². The second-order valence-electron chi connectivity index (χ2n) is 9.26. The molecular weight excluding hydrogens is 456 g/mol. The van der Waals surface area contributed by atoms with Crippen LogP contribution in [0.1, 0.15) is 40.5 Å². The Kier molecular flexibility index (Phi) is 5.41. The summed E-state index contributed by atoms with van der Waals surface area (Å²) < 4.78 is 1.97. The number of fused-ring (bicyclic) bond motifs is 2. The zero-order valence-electron chi connectivity index (χ0n) is 19.9. The lowest BCUT2D eigenvalue weighted by molar-refractivity contribution is -0.131. The minimum absolute atomic E-state index is 0.0353. The highest BCUT2D eigenvalue weighted by atomic mass is 16.2. The maximum atomic E-state index is 13.7. The summed E-state index contributed by atoms with van der Waals surface area (Å²) in [7, 11) is 0. The molecule has 0 spiro atoms. The monoisotopic (exact) mass is 482 g/mol. The van der Waals surface area contributed by atoms with E-state index >= 15 is 0 Å². The standard InChI is InChI=1S/C27H26N6O3/c1-17(34)31-11-13-32(14-12-31)26-27-30-23(25(36)18-5-3-2-4-6-18)24(33(27)10-9-28-26)19-7-8-21-20(15-19)16-22(35)29-21/h2-10,15,26,28H,11-14,16H2,1H3,(H,29,35). The van der Waals surface area contributed by atoms with Gasteiger partial charge >= 0.3 is 0 Å². The maximum absolute atomic E-state index is 13.7.